The number of aromatic nitrogens is 3. The second kappa shape index (κ2) is 10.0. The Hall–Kier alpha value is -4.07. The van der Waals surface area contributed by atoms with Gasteiger partial charge >= 0.3 is 0 Å². The highest BCUT2D eigenvalue weighted by Gasteiger charge is 2.12. The summed E-state index contributed by atoms with van der Waals surface area (Å²) in [6.07, 6.45) is 5.43. The van der Waals surface area contributed by atoms with Crippen LogP contribution in [-0.4, -0.2) is 27.8 Å². The van der Waals surface area contributed by atoms with Gasteiger partial charge in [-0.05, 0) is 48.9 Å². The Balaban J connectivity index is 1.66. The van der Waals surface area contributed by atoms with Gasteiger partial charge < -0.3 is 14.8 Å². The van der Waals surface area contributed by atoms with Crippen LogP contribution in [0.25, 0.3) is 16.8 Å². The zero-order valence-electron chi connectivity index (χ0n) is 18.5. The van der Waals surface area contributed by atoms with Crippen molar-refractivity contribution in [3.05, 3.63) is 89.1 Å². The van der Waals surface area contributed by atoms with Gasteiger partial charge in [0.2, 0.25) is 6.86 Å². The van der Waals surface area contributed by atoms with Crippen LogP contribution >= 0.6 is 0 Å². The van der Waals surface area contributed by atoms with E-state index < -0.39 is 6.86 Å². The molecular weight excluding hydrogens is 423 g/mol. The number of hydrogen-bond acceptors (Lipinski definition) is 5. The van der Waals surface area contributed by atoms with Crippen molar-refractivity contribution in [1.82, 2.24) is 14.3 Å². The highest BCUT2D eigenvalue weighted by atomic mass is 19.1. The third-order valence-electron chi connectivity index (χ3n) is 5.12. The summed E-state index contributed by atoms with van der Waals surface area (Å²) in [5.41, 5.74) is 3.92. The van der Waals surface area contributed by atoms with Crippen molar-refractivity contribution in [2.75, 3.05) is 18.8 Å². The number of rotatable bonds is 9. The smallest absolute Gasteiger partial charge is 0.257 e. The third-order valence-corrected chi connectivity index (χ3v) is 5.12. The zero-order valence-corrected chi connectivity index (χ0v) is 18.5. The summed E-state index contributed by atoms with van der Waals surface area (Å²) >= 11 is 0. The molecule has 2 aromatic heterocycles. The van der Waals surface area contributed by atoms with E-state index in [1.165, 1.54) is 0 Å². The van der Waals surface area contributed by atoms with Gasteiger partial charge in [-0.25, -0.2) is 4.39 Å². The lowest BCUT2D eigenvalue weighted by molar-refractivity contribution is 0.192. The van der Waals surface area contributed by atoms with Gasteiger partial charge in [0, 0.05) is 54.6 Å². The predicted molar refractivity (Wildman–Crippen MR) is 126 cm³/mol. The Kier molecular flexibility index (Phi) is 6.73. The third kappa shape index (κ3) is 5.23. The Morgan fingerprint density at radius 2 is 1.70 bits per heavy atom. The first-order valence-electron chi connectivity index (χ1n) is 10.6. The molecule has 0 radical (unpaired) electrons. The van der Waals surface area contributed by atoms with Crippen LogP contribution in [0.15, 0.2) is 78.0 Å². The first kappa shape index (κ1) is 22.1. The Morgan fingerprint density at radius 3 is 2.33 bits per heavy atom. The van der Waals surface area contributed by atoms with Crippen LogP contribution in [0.1, 0.15) is 12.5 Å². The van der Waals surface area contributed by atoms with E-state index in [4.69, 9.17) is 9.47 Å². The number of nitrogens with zero attached hydrogens (tertiary/aromatic N) is 3. The number of aryl methyl sites for hydroxylation is 1. The molecule has 0 fully saturated rings. The lowest BCUT2D eigenvalue weighted by atomic mass is 10.1. The number of alkyl halides is 1. The maximum absolute atomic E-state index is 13.0. The summed E-state index contributed by atoms with van der Waals surface area (Å²) in [5, 5.41) is 7.65. The van der Waals surface area contributed by atoms with Crippen molar-refractivity contribution in [2.24, 2.45) is 7.05 Å². The monoisotopic (exact) mass is 448 g/mol. The Bertz CT molecular complexity index is 1260. The van der Waals surface area contributed by atoms with E-state index in [2.05, 4.69) is 10.4 Å². The van der Waals surface area contributed by atoms with Crippen LogP contribution in [0.3, 0.4) is 0 Å². The second-order valence-electron chi connectivity index (χ2n) is 7.39. The number of ether oxygens (including phenoxy) is 2. The molecule has 7 nitrogen and oxygen atoms in total. The van der Waals surface area contributed by atoms with E-state index in [-0.39, 0.29) is 5.56 Å². The molecule has 0 saturated carbocycles. The average Bonchev–Trinajstić information content (AvgIpc) is 3.26. The number of anilines is 1. The van der Waals surface area contributed by atoms with Gasteiger partial charge in [-0.3, -0.25) is 14.0 Å². The number of hydrogen-bond donors (Lipinski definition) is 1. The molecule has 2 aromatic carbocycles. The number of nitrogens with one attached hydrogen (secondary N) is 1. The van der Waals surface area contributed by atoms with Gasteiger partial charge in [0.05, 0.1) is 12.8 Å². The lowest BCUT2D eigenvalue weighted by Gasteiger charge is -2.15. The topological polar surface area (TPSA) is 70.3 Å². The maximum atomic E-state index is 13.0. The fourth-order valence-corrected chi connectivity index (χ4v) is 3.50. The number of pyridine rings is 1. The van der Waals surface area contributed by atoms with E-state index in [9.17, 15) is 9.18 Å². The highest BCUT2D eigenvalue weighted by Crippen LogP contribution is 2.28. The van der Waals surface area contributed by atoms with E-state index >= 15 is 0 Å². The van der Waals surface area contributed by atoms with Gasteiger partial charge in [0.25, 0.3) is 5.56 Å². The van der Waals surface area contributed by atoms with Gasteiger partial charge in [-0.15, -0.1) is 0 Å². The quantitative estimate of drug-likeness (QED) is 0.407. The van der Waals surface area contributed by atoms with Gasteiger partial charge in [0.1, 0.15) is 11.5 Å². The molecule has 0 unspecified atom stereocenters. The van der Waals surface area contributed by atoms with Crippen molar-refractivity contribution >= 4 is 5.69 Å². The van der Waals surface area contributed by atoms with E-state index in [0.717, 1.165) is 22.4 Å². The van der Waals surface area contributed by atoms with Gasteiger partial charge in [-0.2, -0.15) is 5.10 Å². The maximum Gasteiger partial charge on any atom is 0.257 e. The molecule has 170 valence electrons. The molecule has 33 heavy (non-hydrogen) atoms. The summed E-state index contributed by atoms with van der Waals surface area (Å²) in [4.78, 5) is 13.0. The van der Waals surface area contributed by atoms with E-state index in [1.807, 2.05) is 44.4 Å². The van der Waals surface area contributed by atoms with Crippen molar-refractivity contribution in [2.45, 2.75) is 13.5 Å². The van der Waals surface area contributed by atoms with E-state index in [0.29, 0.717) is 30.3 Å². The molecule has 0 atom stereocenters. The summed E-state index contributed by atoms with van der Waals surface area (Å²) < 4.78 is 26.0. The Morgan fingerprint density at radius 1 is 1.00 bits per heavy atom. The normalized spacial score (nSPS) is 10.8. The SMILES string of the molecule is CCOc1ccc(CNc2cc(=O)n(-c3ccc(OCF)cc3)cc2-c2cnn(C)c2)cc1. The summed E-state index contributed by atoms with van der Waals surface area (Å²) in [6, 6.07) is 16.1. The van der Waals surface area contributed by atoms with Crippen LogP contribution in [0.4, 0.5) is 10.1 Å². The standard InChI is InChI=1S/C25H25FN4O3/c1-3-32-21-8-4-18(5-9-21)13-27-24-12-25(31)30(16-23(24)19-14-28-29(2)15-19)20-6-10-22(11-7-20)33-17-26/h4-12,14-16,27H,3,13,17H2,1-2H3. The summed E-state index contributed by atoms with van der Waals surface area (Å²) in [6.45, 7) is 2.20. The van der Waals surface area contributed by atoms with Crippen LogP contribution in [0.5, 0.6) is 11.5 Å². The van der Waals surface area contributed by atoms with E-state index in [1.54, 1.807) is 52.0 Å². The van der Waals surface area contributed by atoms with Gasteiger partial charge in [-0.1, -0.05) is 12.1 Å². The molecule has 0 amide bonds. The predicted octanol–water partition coefficient (Wildman–Crippen LogP) is 4.55. The fraction of sp³-hybridized carbons (Fsp3) is 0.200. The van der Waals surface area contributed by atoms with Crippen LogP contribution in [0.2, 0.25) is 0 Å². The molecule has 0 bridgehead atoms. The summed E-state index contributed by atoms with van der Waals surface area (Å²) in [7, 11) is 1.84. The molecule has 1 N–H and O–H groups in total. The number of benzene rings is 2. The Labute approximate surface area is 191 Å². The molecule has 0 aliphatic heterocycles. The van der Waals surface area contributed by atoms with Crippen molar-refractivity contribution in [1.29, 1.82) is 0 Å². The highest BCUT2D eigenvalue weighted by molar-refractivity contribution is 5.76. The minimum Gasteiger partial charge on any atom is -0.494 e. The molecule has 2 heterocycles. The largest absolute Gasteiger partial charge is 0.494 e. The first-order chi connectivity index (χ1) is 16.1. The number of halogens is 1. The fourth-order valence-electron chi connectivity index (χ4n) is 3.50. The van der Waals surface area contributed by atoms with Crippen molar-refractivity contribution < 1.29 is 13.9 Å². The second-order valence-corrected chi connectivity index (χ2v) is 7.39. The molecule has 0 aliphatic rings. The minimum absolute atomic E-state index is 0.198. The molecule has 0 saturated heterocycles. The average molecular weight is 448 g/mol. The van der Waals surface area contributed by atoms with Crippen LogP contribution in [0, 0.1) is 0 Å². The molecule has 8 heteroatoms. The zero-order chi connectivity index (χ0) is 23.2. The van der Waals surface area contributed by atoms with Crippen molar-refractivity contribution in [3.63, 3.8) is 0 Å². The molecule has 0 spiro atoms. The van der Waals surface area contributed by atoms with Crippen LogP contribution < -0.4 is 20.3 Å². The van der Waals surface area contributed by atoms with Crippen LogP contribution in [-0.2, 0) is 13.6 Å². The minimum atomic E-state index is -0.904. The summed E-state index contributed by atoms with van der Waals surface area (Å²) in [5.74, 6) is 1.22. The molecule has 0 aliphatic carbocycles. The molecular formula is C25H25FN4O3. The van der Waals surface area contributed by atoms with Gasteiger partial charge in [0.15, 0.2) is 0 Å². The molecule has 4 rings (SSSR count). The van der Waals surface area contributed by atoms with Crippen molar-refractivity contribution in [3.8, 4) is 28.3 Å². The first-order valence-corrected chi connectivity index (χ1v) is 10.6. The molecule has 4 aromatic rings. The lowest BCUT2D eigenvalue weighted by Crippen LogP contribution is -2.18.